The molecule has 382 valence electrons. The number of fused-ring (bicyclic) bond motifs is 2. The van der Waals surface area contributed by atoms with Crippen LogP contribution in [0.4, 0.5) is 70.8 Å². The standard InChI is InChI=1S/C25H26F3N7O2.C24H23F3N6O3/c1-13-15(10-14(11-19(13)28)23(36)29-2)20-16-12-31-25(37)35(21-17(26)6-5-7-18(21)27)22(16)33-24(32-20)30-8-9-34(3)4;1-12-14(9-13(22(34)35)10-18(12)27)19-15-11-29-24(36)33(20-16(25)5-4-6-17(20)26)21(15)31-23(30-19)28-7-8-32(2)3/h5-7,10-11H,8-9,12H2,1-4H3,(H,29,36)(H,31,37)(H,30,32,33);4-6,9-10H,7-8,11H2,1-3H3,(H,29,36)(H,34,35)(H,28,30,31). The van der Waals surface area contributed by atoms with Crippen molar-refractivity contribution < 1.29 is 50.6 Å². The molecule has 24 heteroatoms. The number of benzene rings is 4. The van der Waals surface area contributed by atoms with Crippen molar-refractivity contribution >= 4 is 58.8 Å². The molecular weight excluding hydrogens is 965 g/mol. The van der Waals surface area contributed by atoms with E-state index in [9.17, 15) is 50.6 Å². The summed E-state index contributed by atoms with van der Waals surface area (Å²) in [4.78, 5) is 72.9. The number of amides is 5. The lowest BCUT2D eigenvalue weighted by Gasteiger charge is -2.31. The van der Waals surface area contributed by atoms with Crippen LogP contribution in [0.5, 0.6) is 0 Å². The van der Waals surface area contributed by atoms with Gasteiger partial charge in [0.2, 0.25) is 11.9 Å². The average Bonchev–Trinajstić information content (AvgIpc) is 3.33. The summed E-state index contributed by atoms with van der Waals surface area (Å²) in [5, 5.41) is 23.1. The molecule has 0 radical (unpaired) electrons. The van der Waals surface area contributed by atoms with Crippen LogP contribution in [0.25, 0.3) is 22.5 Å². The third-order valence-corrected chi connectivity index (χ3v) is 11.6. The largest absolute Gasteiger partial charge is 0.478 e. The highest BCUT2D eigenvalue weighted by Crippen LogP contribution is 2.42. The molecule has 8 rings (SSSR count). The summed E-state index contributed by atoms with van der Waals surface area (Å²) in [6, 6.07) is 9.58. The predicted molar refractivity (Wildman–Crippen MR) is 260 cm³/mol. The highest BCUT2D eigenvalue weighted by Gasteiger charge is 2.36. The van der Waals surface area contributed by atoms with Crippen molar-refractivity contribution in [2.45, 2.75) is 26.9 Å². The number of hydrogen-bond donors (Lipinski definition) is 6. The zero-order valence-electron chi connectivity index (χ0n) is 40.4. The van der Waals surface area contributed by atoms with Gasteiger partial charge in [-0.15, -0.1) is 0 Å². The van der Waals surface area contributed by atoms with Gasteiger partial charge in [0, 0.05) is 61.0 Å². The fourth-order valence-corrected chi connectivity index (χ4v) is 7.77. The number of carbonyl (C=O) groups excluding carboxylic acids is 3. The third-order valence-electron chi connectivity index (χ3n) is 11.6. The van der Waals surface area contributed by atoms with Crippen molar-refractivity contribution in [2.75, 3.05) is 81.9 Å². The molecule has 0 saturated heterocycles. The smallest absolute Gasteiger partial charge is 0.335 e. The summed E-state index contributed by atoms with van der Waals surface area (Å²) >= 11 is 0. The minimum absolute atomic E-state index is 0.0163. The number of likely N-dealkylation sites (N-methyl/N-ethyl adjacent to an activating group) is 2. The lowest BCUT2D eigenvalue weighted by molar-refractivity contribution is 0.0696. The highest BCUT2D eigenvalue weighted by atomic mass is 19.2. The van der Waals surface area contributed by atoms with E-state index >= 15 is 0 Å². The molecule has 4 heterocycles. The molecular formula is C49H49F6N13O5. The second-order valence-electron chi connectivity index (χ2n) is 17.1. The van der Waals surface area contributed by atoms with Gasteiger partial charge in [-0.2, -0.15) is 9.97 Å². The zero-order chi connectivity index (χ0) is 53.0. The molecule has 0 unspecified atom stereocenters. The monoisotopic (exact) mass is 1010 g/mol. The molecule has 5 amide bonds. The number of urea groups is 2. The Hall–Kier alpha value is -8.38. The molecule has 0 bridgehead atoms. The molecule has 6 aromatic rings. The molecule has 2 aliphatic heterocycles. The molecule has 2 aromatic heterocycles. The van der Waals surface area contributed by atoms with Crippen LogP contribution in [0, 0.1) is 48.8 Å². The van der Waals surface area contributed by atoms with Crippen LogP contribution >= 0.6 is 0 Å². The van der Waals surface area contributed by atoms with Gasteiger partial charge >= 0.3 is 18.0 Å². The Labute approximate surface area is 414 Å². The fraction of sp³-hybridized carbons (Fsp3) is 0.265. The first kappa shape index (κ1) is 52.4. The highest BCUT2D eigenvalue weighted by molar-refractivity contribution is 6.04. The molecule has 4 aromatic carbocycles. The van der Waals surface area contributed by atoms with Gasteiger partial charge in [-0.3, -0.25) is 4.79 Å². The van der Waals surface area contributed by atoms with E-state index in [1.807, 2.05) is 38.0 Å². The molecule has 0 fully saturated rings. The number of anilines is 6. The van der Waals surface area contributed by atoms with Gasteiger partial charge in [-0.25, -0.2) is 60.5 Å². The Kier molecular flexibility index (Phi) is 15.8. The molecule has 18 nitrogen and oxygen atoms in total. The number of carboxylic acids is 1. The summed E-state index contributed by atoms with van der Waals surface area (Å²) in [5.41, 5.74) is 0.117. The Morgan fingerprint density at radius 3 is 1.37 bits per heavy atom. The summed E-state index contributed by atoms with van der Waals surface area (Å²) < 4.78 is 88.7. The van der Waals surface area contributed by atoms with Crippen LogP contribution in [-0.4, -0.2) is 120 Å². The fourth-order valence-electron chi connectivity index (χ4n) is 7.77. The third kappa shape index (κ3) is 11.1. The zero-order valence-corrected chi connectivity index (χ0v) is 40.4. The summed E-state index contributed by atoms with van der Waals surface area (Å²) in [6.07, 6.45) is 0. The van der Waals surface area contributed by atoms with Gasteiger partial charge in [0.15, 0.2) is 11.6 Å². The Balaban J connectivity index is 0.000000214. The topological polar surface area (TPSA) is 213 Å². The molecule has 2 aliphatic rings. The number of aromatic carboxylic acids is 1. The maximum absolute atomic E-state index is 14.9. The van der Waals surface area contributed by atoms with Crippen molar-refractivity contribution in [3.63, 3.8) is 0 Å². The summed E-state index contributed by atoms with van der Waals surface area (Å²) in [6.45, 7) is 4.77. The van der Waals surface area contributed by atoms with Crippen LogP contribution in [0.3, 0.4) is 0 Å². The molecule has 0 atom stereocenters. The number of hydrogen-bond acceptors (Lipinski definition) is 12. The Morgan fingerprint density at radius 2 is 1.00 bits per heavy atom. The van der Waals surface area contributed by atoms with E-state index in [4.69, 9.17) is 0 Å². The Bertz CT molecular complexity index is 3120. The van der Waals surface area contributed by atoms with Crippen LogP contribution in [0.15, 0.2) is 60.7 Å². The van der Waals surface area contributed by atoms with Gasteiger partial charge in [0.25, 0.3) is 5.91 Å². The molecule has 0 spiro atoms. The number of para-hydroxylation sites is 2. The first-order valence-electron chi connectivity index (χ1n) is 22.4. The lowest BCUT2D eigenvalue weighted by Crippen LogP contribution is -2.43. The number of nitrogens with one attached hydrogen (secondary N) is 5. The summed E-state index contributed by atoms with van der Waals surface area (Å²) in [7, 11) is 8.90. The van der Waals surface area contributed by atoms with E-state index in [2.05, 4.69) is 46.5 Å². The van der Waals surface area contributed by atoms with Gasteiger partial charge in [0.05, 0.1) is 30.0 Å². The number of carbonyl (C=O) groups is 4. The second kappa shape index (κ2) is 21.9. The number of rotatable bonds is 14. The lowest BCUT2D eigenvalue weighted by atomic mass is 9.97. The van der Waals surface area contributed by atoms with Crippen molar-refractivity contribution in [3.05, 3.63) is 129 Å². The average molecular weight is 1010 g/mol. The first-order valence-corrected chi connectivity index (χ1v) is 22.4. The maximum Gasteiger partial charge on any atom is 0.335 e. The second-order valence-corrected chi connectivity index (χ2v) is 17.1. The van der Waals surface area contributed by atoms with Crippen LogP contribution in [0.2, 0.25) is 0 Å². The minimum atomic E-state index is -1.34. The number of nitrogens with zero attached hydrogens (tertiary/aromatic N) is 8. The van der Waals surface area contributed by atoms with E-state index in [0.29, 0.717) is 31.7 Å². The number of aromatic nitrogens is 4. The molecule has 0 saturated carbocycles. The van der Waals surface area contributed by atoms with Crippen LogP contribution < -0.4 is 36.4 Å². The normalized spacial score (nSPS) is 12.9. The van der Waals surface area contributed by atoms with Crippen molar-refractivity contribution in [3.8, 4) is 22.5 Å². The van der Waals surface area contributed by atoms with E-state index in [0.717, 1.165) is 46.2 Å². The molecule has 0 aliphatic carbocycles. The first-order chi connectivity index (χ1) is 34.7. The van der Waals surface area contributed by atoms with Crippen molar-refractivity contribution in [1.29, 1.82) is 0 Å². The summed E-state index contributed by atoms with van der Waals surface area (Å²) in [5.74, 6) is -7.25. The SMILES string of the molecule is CNC(=O)c1cc(F)c(C)c(-c2nc(NCCN(C)C)nc3c2CNC(=O)N3c2c(F)cccc2F)c1.Cc1c(F)cc(C(=O)O)cc1-c1nc(NCCN(C)C)nc2c1CNC(=O)N2c1c(F)cccc1F. The molecule has 6 N–H and O–H groups in total. The minimum Gasteiger partial charge on any atom is -0.478 e. The van der Waals surface area contributed by atoms with Crippen LogP contribution in [-0.2, 0) is 13.1 Å². The van der Waals surface area contributed by atoms with Crippen molar-refractivity contribution in [2.24, 2.45) is 0 Å². The van der Waals surface area contributed by atoms with E-state index in [1.165, 1.54) is 45.2 Å². The Morgan fingerprint density at radius 1 is 0.616 bits per heavy atom. The van der Waals surface area contributed by atoms with Crippen molar-refractivity contribution in [1.82, 2.24) is 45.7 Å². The molecule has 73 heavy (non-hydrogen) atoms. The predicted octanol–water partition coefficient (Wildman–Crippen LogP) is 7.47. The van der Waals surface area contributed by atoms with E-state index in [-0.39, 0.29) is 87.0 Å². The van der Waals surface area contributed by atoms with Crippen LogP contribution in [0.1, 0.15) is 43.0 Å². The van der Waals surface area contributed by atoms with Gasteiger partial charge in [-0.1, -0.05) is 12.1 Å². The van der Waals surface area contributed by atoms with Gasteiger partial charge < -0.3 is 41.5 Å². The van der Waals surface area contributed by atoms with Gasteiger partial charge in [0.1, 0.15) is 46.3 Å². The maximum atomic E-state index is 14.9. The number of halogens is 6. The quantitative estimate of drug-likeness (QED) is 0.0586. The number of carboxylic acid groups (broad SMARTS) is 1. The van der Waals surface area contributed by atoms with E-state index < -0.39 is 70.2 Å². The van der Waals surface area contributed by atoms with Gasteiger partial charge in [-0.05, 0) is 102 Å². The van der Waals surface area contributed by atoms with E-state index in [1.54, 1.807) is 0 Å².